The monoisotopic (exact) mass is 302 g/mol. The second-order valence-corrected chi connectivity index (χ2v) is 6.02. The molecule has 0 spiro atoms. The molecule has 0 radical (unpaired) electrons. The lowest BCUT2D eigenvalue weighted by molar-refractivity contribution is -0.150. The van der Waals surface area contributed by atoms with Crippen LogP contribution in [-0.4, -0.2) is 36.6 Å². The Hall–Kier alpha value is -1.36. The number of esters is 1. The van der Waals surface area contributed by atoms with E-state index in [1.165, 1.54) is 6.92 Å². The van der Waals surface area contributed by atoms with Crippen molar-refractivity contribution >= 4 is 13.6 Å². The van der Waals surface area contributed by atoms with Crippen LogP contribution < -0.4 is 4.52 Å². The fraction of sp³-hybridized carbons (Fsp3) is 0.462. The third kappa shape index (κ3) is 5.33. The Morgan fingerprint density at radius 2 is 2.00 bits per heavy atom. The van der Waals surface area contributed by atoms with Gasteiger partial charge in [-0.05, 0) is 26.0 Å². The molecule has 0 amide bonds. The summed E-state index contributed by atoms with van der Waals surface area (Å²) in [7, 11) is -3.63. The molecule has 6 nitrogen and oxygen atoms in total. The lowest BCUT2D eigenvalue weighted by Gasteiger charge is -2.21. The maximum atomic E-state index is 12.5. The summed E-state index contributed by atoms with van der Waals surface area (Å²) >= 11 is 0. The van der Waals surface area contributed by atoms with Crippen molar-refractivity contribution in [2.45, 2.75) is 20.0 Å². The number of ether oxygens (including phenoxy) is 1. The third-order valence-corrected chi connectivity index (χ3v) is 4.17. The van der Waals surface area contributed by atoms with E-state index >= 15 is 0 Å². The summed E-state index contributed by atoms with van der Waals surface area (Å²) in [4.78, 5) is 11.5. The zero-order chi connectivity index (χ0) is 15.0. The number of hydrogen-bond acceptors (Lipinski definition) is 6. The molecule has 1 aromatic carbocycles. The molecular formula is C13H19O6P. The van der Waals surface area contributed by atoms with E-state index in [2.05, 4.69) is 0 Å². The van der Waals surface area contributed by atoms with Gasteiger partial charge in [0.2, 0.25) is 0 Å². The van der Waals surface area contributed by atoms with Gasteiger partial charge in [-0.1, -0.05) is 18.2 Å². The molecule has 7 heteroatoms. The number of aliphatic hydroxyl groups is 1. The van der Waals surface area contributed by atoms with Crippen LogP contribution in [0.2, 0.25) is 0 Å². The number of rotatable bonds is 8. The first-order chi connectivity index (χ1) is 9.50. The second kappa shape index (κ2) is 8.04. The van der Waals surface area contributed by atoms with Gasteiger partial charge in [0.15, 0.2) is 6.10 Å². The fourth-order valence-corrected chi connectivity index (χ4v) is 2.92. The van der Waals surface area contributed by atoms with Gasteiger partial charge >= 0.3 is 13.6 Å². The molecule has 20 heavy (non-hydrogen) atoms. The van der Waals surface area contributed by atoms with Crippen LogP contribution >= 0.6 is 7.60 Å². The lowest BCUT2D eigenvalue weighted by Crippen LogP contribution is -2.24. The van der Waals surface area contributed by atoms with Crippen molar-refractivity contribution in [1.29, 1.82) is 0 Å². The predicted molar refractivity (Wildman–Crippen MR) is 73.8 cm³/mol. The molecule has 1 rings (SSSR count). The van der Waals surface area contributed by atoms with E-state index in [1.807, 2.05) is 0 Å². The van der Waals surface area contributed by atoms with Crippen molar-refractivity contribution in [3.8, 4) is 5.75 Å². The molecule has 0 saturated heterocycles. The minimum atomic E-state index is -3.63. The van der Waals surface area contributed by atoms with Gasteiger partial charge in [-0.25, -0.2) is 9.36 Å². The van der Waals surface area contributed by atoms with Crippen molar-refractivity contribution in [3.05, 3.63) is 30.3 Å². The Morgan fingerprint density at radius 1 is 1.35 bits per heavy atom. The summed E-state index contributed by atoms with van der Waals surface area (Å²) < 4.78 is 27.8. The standard InChI is InChI=1S/C13H19O6P/c1-3-17-13(15)11(2)18-20(16,10-9-14)19-12-7-5-4-6-8-12/h4-8,11,14H,3,9-10H2,1-2H3. The van der Waals surface area contributed by atoms with E-state index in [-0.39, 0.29) is 19.4 Å². The van der Waals surface area contributed by atoms with Crippen LogP contribution in [0.15, 0.2) is 30.3 Å². The van der Waals surface area contributed by atoms with Gasteiger partial charge in [-0.15, -0.1) is 0 Å². The Kier molecular flexibility index (Phi) is 6.71. The smallest absolute Gasteiger partial charge is 0.382 e. The average Bonchev–Trinajstić information content (AvgIpc) is 2.40. The lowest BCUT2D eigenvalue weighted by atomic mass is 10.3. The number of para-hydroxylation sites is 1. The third-order valence-electron chi connectivity index (χ3n) is 2.30. The Balaban J connectivity index is 2.76. The average molecular weight is 302 g/mol. The van der Waals surface area contributed by atoms with Crippen LogP contribution in [0.5, 0.6) is 5.75 Å². The summed E-state index contributed by atoms with van der Waals surface area (Å²) in [5.41, 5.74) is 0. The van der Waals surface area contributed by atoms with E-state index in [0.717, 1.165) is 0 Å². The molecule has 0 aromatic heterocycles. The first-order valence-electron chi connectivity index (χ1n) is 6.30. The highest BCUT2D eigenvalue weighted by atomic mass is 31.2. The van der Waals surface area contributed by atoms with Gasteiger partial charge in [0, 0.05) is 0 Å². The van der Waals surface area contributed by atoms with Crippen molar-refractivity contribution in [2.24, 2.45) is 0 Å². The minimum Gasteiger partial charge on any atom is -0.464 e. The van der Waals surface area contributed by atoms with Crippen LogP contribution in [-0.2, 0) is 18.6 Å². The summed E-state index contributed by atoms with van der Waals surface area (Å²) in [6.45, 7) is 2.92. The van der Waals surface area contributed by atoms with Gasteiger partial charge in [0.1, 0.15) is 5.75 Å². The zero-order valence-corrected chi connectivity index (χ0v) is 12.4. The number of benzene rings is 1. The highest BCUT2D eigenvalue weighted by Crippen LogP contribution is 2.49. The number of aliphatic hydroxyl groups excluding tert-OH is 1. The first-order valence-corrected chi connectivity index (χ1v) is 8.03. The molecule has 1 aromatic rings. The second-order valence-electron chi connectivity index (χ2n) is 3.96. The van der Waals surface area contributed by atoms with Crippen molar-refractivity contribution in [1.82, 2.24) is 0 Å². The Bertz CT molecular complexity index is 461. The molecule has 112 valence electrons. The first kappa shape index (κ1) is 16.7. The van der Waals surface area contributed by atoms with Crippen LogP contribution in [0.25, 0.3) is 0 Å². The van der Waals surface area contributed by atoms with Gasteiger partial charge in [-0.3, -0.25) is 4.52 Å². The summed E-state index contributed by atoms with van der Waals surface area (Å²) in [5, 5.41) is 8.99. The quantitative estimate of drug-likeness (QED) is 0.585. The Morgan fingerprint density at radius 3 is 2.55 bits per heavy atom. The SMILES string of the molecule is CCOC(=O)C(C)OP(=O)(CCO)Oc1ccccc1. The van der Waals surface area contributed by atoms with Crippen LogP contribution in [0.1, 0.15) is 13.8 Å². The number of carbonyl (C=O) groups is 1. The summed E-state index contributed by atoms with van der Waals surface area (Å²) in [6.07, 6.45) is -1.23. The molecule has 1 N–H and O–H groups in total. The van der Waals surface area contributed by atoms with E-state index in [4.69, 9.17) is 18.9 Å². The zero-order valence-electron chi connectivity index (χ0n) is 11.5. The van der Waals surface area contributed by atoms with Gasteiger partial charge in [0.25, 0.3) is 0 Å². The molecule has 0 aliphatic rings. The normalized spacial score (nSPS) is 15.2. The highest BCUT2D eigenvalue weighted by Gasteiger charge is 2.31. The summed E-state index contributed by atoms with van der Waals surface area (Å²) in [5.74, 6) is -0.275. The minimum absolute atomic E-state index is 0.203. The molecule has 2 atom stereocenters. The number of carbonyl (C=O) groups excluding carboxylic acids is 1. The largest absolute Gasteiger partial charge is 0.464 e. The molecule has 0 bridgehead atoms. The fourth-order valence-electron chi connectivity index (χ4n) is 1.43. The van der Waals surface area contributed by atoms with Crippen LogP contribution in [0.4, 0.5) is 0 Å². The van der Waals surface area contributed by atoms with Crippen molar-refractivity contribution in [3.63, 3.8) is 0 Å². The summed E-state index contributed by atoms with van der Waals surface area (Å²) in [6, 6.07) is 8.44. The Labute approximate surface area is 118 Å². The van der Waals surface area contributed by atoms with E-state index in [0.29, 0.717) is 5.75 Å². The van der Waals surface area contributed by atoms with Crippen LogP contribution in [0.3, 0.4) is 0 Å². The molecule has 2 unspecified atom stereocenters. The molecule has 0 aliphatic carbocycles. The topological polar surface area (TPSA) is 82.1 Å². The molecule has 0 aliphatic heterocycles. The molecule has 0 heterocycles. The maximum absolute atomic E-state index is 12.5. The predicted octanol–water partition coefficient (Wildman–Crippen LogP) is 2.22. The van der Waals surface area contributed by atoms with E-state index in [1.54, 1.807) is 37.3 Å². The van der Waals surface area contributed by atoms with E-state index in [9.17, 15) is 9.36 Å². The highest BCUT2D eigenvalue weighted by molar-refractivity contribution is 7.54. The van der Waals surface area contributed by atoms with Crippen LogP contribution in [0, 0.1) is 0 Å². The molecular weight excluding hydrogens is 283 g/mol. The van der Waals surface area contributed by atoms with Gasteiger partial charge < -0.3 is 14.4 Å². The van der Waals surface area contributed by atoms with Crippen molar-refractivity contribution in [2.75, 3.05) is 19.4 Å². The number of hydrogen-bond donors (Lipinski definition) is 1. The van der Waals surface area contributed by atoms with Gasteiger partial charge in [-0.2, -0.15) is 0 Å². The molecule has 0 saturated carbocycles. The van der Waals surface area contributed by atoms with E-state index < -0.39 is 19.7 Å². The maximum Gasteiger partial charge on any atom is 0.382 e. The van der Waals surface area contributed by atoms with Gasteiger partial charge in [0.05, 0.1) is 19.4 Å². The molecule has 0 fully saturated rings. The van der Waals surface area contributed by atoms with Crippen molar-refractivity contribution < 1.29 is 28.3 Å².